The lowest BCUT2D eigenvalue weighted by Gasteiger charge is -2.22. The van der Waals surface area contributed by atoms with Crippen molar-refractivity contribution < 1.29 is 14.3 Å². The van der Waals surface area contributed by atoms with Gasteiger partial charge in [-0.15, -0.1) is 0 Å². The molecule has 136 valence electrons. The third-order valence-corrected chi connectivity index (χ3v) is 4.96. The largest absolute Gasteiger partial charge is 0.452 e. The second-order valence-corrected chi connectivity index (χ2v) is 6.77. The zero-order chi connectivity index (χ0) is 19.0. The van der Waals surface area contributed by atoms with E-state index in [2.05, 4.69) is 0 Å². The number of carbonyl (C=O) groups excluding carboxylic acids is 2. The molecule has 2 N–H and O–H groups in total. The maximum Gasteiger partial charge on any atom is 0.339 e. The Morgan fingerprint density at radius 2 is 1.81 bits per heavy atom. The fourth-order valence-corrected chi connectivity index (χ4v) is 3.76. The van der Waals surface area contributed by atoms with Crippen molar-refractivity contribution in [3.63, 3.8) is 0 Å². The molecule has 5 heteroatoms. The molecule has 0 radical (unpaired) electrons. The fraction of sp³-hybridized carbons (Fsp3) is 0.182. The number of ether oxygens (including phenoxy) is 1. The zero-order valence-electron chi connectivity index (χ0n) is 15.0. The van der Waals surface area contributed by atoms with Gasteiger partial charge in [0.05, 0.1) is 5.56 Å². The van der Waals surface area contributed by atoms with Gasteiger partial charge in [-0.3, -0.25) is 4.79 Å². The Morgan fingerprint density at radius 3 is 2.63 bits per heavy atom. The van der Waals surface area contributed by atoms with Gasteiger partial charge in [0, 0.05) is 22.8 Å². The summed E-state index contributed by atoms with van der Waals surface area (Å²) in [5, 5.41) is 1.51. The number of esters is 1. The van der Waals surface area contributed by atoms with Gasteiger partial charge in [0.25, 0.3) is 5.91 Å². The average Bonchev–Trinajstić information content (AvgIpc) is 3.01. The van der Waals surface area contributed by atoms with E-state index in [0.29, 0.717) is 16.6 Å². The topological polar surface area (TPSA) is 72.6 Å². The van der Waals surface area contributed by atoms with Crippen LogP contribution in [-0.2, 0) is 16.0 Å². The van der Waals surface area contributed by atoms with E-state index in [1.54, 1.807) is 23.1 Å². The van der Waals surface area contributed by atoms with Gasteiger partial charge in [-0.05, 0) is 42.5 Å². The van der Waals surface area contributed by atoms with Crippen LogP contribution in [0.4, 0.5) is 11.4 Å². The molecule has 1 amide bonds. The number of nitrogen functional groups attached to an aromatic ring is 1. The van der Waals surface area contributed by atoms with Crippen LogP contribution < -0.4 is 10.6 Å². The molecule has 27 heavy (non-hydrogen) atoms. The summed E-state index contributed by atoms with van der Waals surface area (Å²) >= 11 is 0. The molecule has 3 aromatic carbocycles. The maximum absolute atomic E-state index is 12.7. The molecule has 3 aromatic rings. The number of hydrogen-bond donors (Lipinski definition) is 1. The van der Waals surface area contributed by atoms with Crippen LogP contribution in [0.5, 0.6) is 0 Å². The lowest BCUT2D eigenvalue weighted by molar-refractivity contribution is -0.122. The van der Waals surface area contributed by atoms with Crippen LogP contribution in [0.2, 0.25) is 0 Å². The second-order valence-electron chi connectivity index (χ2n) is 6.77. The summed E-state index contributed by atoms with van der Waals surface area (Å²) in [4.78, 5) is 27.0. The molecule has 0 spiro atoms. The highest BCUT2D eigenvalue weighted by molar-refractivity contribution is 6.10. The van der Waals surface area contributed by atoms with Gasteiger partial charge < -0.3 is 15.4 Å². The molecule has 0 fully saturated rings. The van der Waals surface area contributed by atoms with Crippen LogP contribution in [0, 0.1) is 0 Å². The number of nitrogens with zero attached hydrogens (tertiary/aromatic N) is 1. The Hall–Kier alpha value is -3.34. The van der Waals surface area contributed by atoms with Crippen molar-refractivity contribution in [2.24, 2.45) is 0 Å². The molecule has 0 saturated carbocycles. The van der Waals surface area contributed by atoms with Gasteiger partial charge in [0.2, 0.25) is 0 Å². The molecule has 1 heterocycles. The number of anilines is 2. The summed E-state index contributed by atoms with van der Waals surface area (Å²) < 4.78 is 5.34. The average molecular weight is 360 g/mol. The van der Waals surface area contributed by atoms with Gasteiger partial charge >= 0.3 is 5.97 Å². The van der Waals surface area contributed by atoms with Gasteiger partial charge in [0.1, 0.15) is 0 Å². The fourth-order valence-electron chi connectivity index (χ4n) is 3.76. The van der Waals surface area contributed by atoms with Crippen molar-refractivity contribution in [2.75, 3.05) is 17.2 Å². The van der Waals surface area contributed by atoms with E-state index >= 15 is 0 Å². The minimum absolute atomic E-state index is 0.0433. The Morgan fingerprint density at radius 1 is 1.07 bits per heavy atom. The van der Waals surface area contributed by atoms with E-state index in [1.807, 2.05) is 49.4 Å². The Bertz CT molecular complexity index is 1040. The first kappa shape index (κ1) is 17.1. The van der Waals surface area contributed by atoms with Crippen molar-refractivity contribution in [1.82, 2.24) is 0 Å². The van der Waals surface area contributed by atoms with E-state index < -0.39 is 5.97 Å². The monoisotopic (exact) mass is 360 g/mol. The van der Waals surface area contributed by atoms with Crippen LogP contribution in [0.3, 0.4) is 0 Å². The number of carbonyl (C=O) groups is 2. The number of rotatable bonds is 3. The third kappa shape index (κ3) is 3.01. The Balaban J connectivity index is 1.53. The molecule has 1 atom stereocenters. The molecule has 4 rings (SSSR count). The summed E-state index contributed by atoms with van der Waals surface area (Å²) in [6.07, 6.45) is 0.801. The molecule has 0 bridgehead atoms. The predicted octanol–water partition coefficient (Wildman–Crippen LogP) is 3.56. The van der Waals surface area contributed by atoms with E-state index in [1.165, 1.54) is 0 Å². The number of fused-ring (bicyclic) bond motifs is 2. The molecule has 1 unspecified atom stereocenters. The first-order valence-electron chi connectivity index (χ1n) is 8.90. The van der Waals surface area contributed by atoms with E-state index in [4.69, 9.17) is 10.5 Å². The first-order valence-corrected chi connectivity index (χ1v) is 8.90. The van der Waals surface area contributed by atoms with Crippen molar-refractivity contribution in [2.45, 2.75) is 19.4 Å². The normalized spacial score (nSPS) is 15.6. The summed E-state index contributed by atoms with van der Waals surface area (Å²) in [6, 6.07) is 18.6. The number of benzene rings is 3. The van der Waals surface area contributed by atoms with Gasteiger partial charge in [-0.1, -0.05) is 42.5 Å². The highest BCUT2D eigenvalue weighted by atomic mass is 16.5. The van der Waals surface area contributed by atoms with E-state index in [-0.39, 0.29) is 18.6 Å². The van der Waals surface area contributed by atoms with Crippen molar-refractivity contribution in [3.05, 3.63) is 71.8 Å². The molecule has 1 aliphatic rings. The number of nitrogens with two attached hydrogens (primary N) is 1. The molecule has 0 saturated heterocycles. The number of hydrogen-bond acceptors (Lipinski definition) is 4. The van der Waals surface area contributed by atoms with Crippen LogP contribution in [0.25, 0.3) is 10.8 Å². The van der Waals surface area contributed by atoms with Gasteiger partial charge in [0.15, 0.2) is 6.61 Å². The second kappa shape index (κ2) is 6.76. The molecule has 5 nitrogen and oxygen atoms in total. The van der Waals surface area contributed by atoms with Crippen LogP contribution in [0.1, 0.15) is 22.8 Å². The van der Waals surface area contributed by atoms with Gasteiger partial charge in [-0.2, -0.15) is 0 Å². The summed E-state index contributed by atoms with van der Waals surface area (Å²) in [6.45, 7) is 1.69. The van der Waals surface area contributed by atoms with Crippen molar-refractivity contribution in [3.8, 4) is 0 Å². The first-order chi connectivity index (χ1) is 13.1. The quantitative estimate of drug-likeness (QED) is 0.573. The lowest BCUT2D eigenvalue weighted by atomic mass is 10.0. The smallest absolute Gasteiger partial charge is 0.339 e. The standard InChI is InChI=1S/C22H20N2O3/c1-14-12-16-6-2-3-11-19(16)24(14)20(25)13-27-22(26)17-9-4-7-15-8-5-10-18(23)21(15)17/h2-11,14H,12-13,23H2,1H3. The SMILES string of the molecule is CC1Cc2ccccc2N1C(=O)COC(=O)c1cccc2cccc(N)c12. The van der Waals surface area contributed by atoms with Gasteiger partial charge in [-0.25, -0.2) is 4.79 Å². The predicted molar refractivity (Wildman–Crippen MR) is 106 cm³/mol. The Labute approximate surface area is 157 Å². The minimum atomic E-state index is -0.549. The molecule has 1 aliphatic heterocycles. The maximum atomic E-state index is 12.7. The highest BCUT2D eigenvalue weighted by Crippen LogP contribution is 2.32. The molecule has 0 aliphatic carbocycles. The third-order valence-electron chi connectivity index (χ3n) is 4.96. The van der Waals surface area contributed by atoms with Crippen molar-refractivity contribution >= 4 is 34.0 Å². The number of para-hydroxylation sites is 1. The molecular formula is C22H20N2O3. The number of amides is 1. The zero-order valence-corrected chi connectivity index (χ0v) is 15.0. The Kier molecular flexibility index (Phi) is 4.28. The highest BCUT2D eigenvalue weighted by Gasteiger charge is 2.31. The van der Waals surface area contributed by atoms with E-state index in [9.17, 15) is 9.59 Å². The lowest BCUT2D eigenvalue weighted by Crippen LogP contribution is -2.38. The summed E-state index contributed by atoms with van der Waals surface area (Å²) in [7, 11) is 0. The summed E-state index contributed by atoms with van der Waals surface area (Å²) in [5.41, 5.74) is 8.94. The van der Waals surface area contributed by atoms with E-state index in [0.717, 1.165) is 23.1 Å². The van der Waals surface area contributed by atoms with Crippen molar-refractivity contribution in [1.29, 1.82) is 0 Å². The van der Waals surface area contributed by atoms with Crippen LogP contribution >= 0.6 is 0 Å². The molecule has 0 aromatic heterocycles. The molecular weight excluding hydrogens is 340 g/mol. The van der Waals surface area contributed by atoms with Crippen LogP contribution in [0.15, 0.2) is 60.7 Å². The van der Waals surface area contributed by atoms with Crippen LogP contribution in [-0.4, -0.2) is 24.5 Å². The minimum Gasteiger partial charge on any atom is -0.452 e. The summed E-state index contributed by atoms with van der Waals surface area (Å²) in [5.74, 6) is -0.777.